The lowest BCUT2D eigenvalue weighted by Crippen LogP contribution is -2.46. The molecule has 1 N–H and O–H groups in total. The maximum absolute atomic E-state index is 12.0. The van der Waals surface area contributed by atoms with E-state index in [1.807, 2.05) is 53.7 Å². The molecule has 0 aliphatic carbocycles. The third kappa shape index (κ3) is 14.8. The zero-order valence-corrected chi connectivity index (χ0v) is 30.9. The lowest BCUT2D eigenvalue weighted by molar-refractivity contribution is -0.0358. The Kier molecular flexibility index (Phi) is 14.7. The molecular formula is C32H40Cl3N6O6P. The number of hydrogen-bond donors (Lipinski definition) is 1. The highest BCUT2D eigenvalue weighted by Crippen LogP contribution is 2.61. The van der Waals surface area contributed by atoms with Crippen LogP contribution in [0, 0.1) is 13.1 Å². The molecule has 0 radical (unpaired) electrons. The van der Waals surface area contributed by atoms with E-state index in [2.05, 4.69) is 53.4 Å². The molecule has 0 unspecified atom stereocenters. The molecule has 48 heavy (non-hydrogen) atoms. The number of pyridine rings is 2. The van der Waals surface area contributed by atoms with Crippen LogP contribution in [0.15, 0.2) is 42.7 Å². The van der Waals surface area contributed by atoms with Crippen LogP contribution in [0.4, 0.5) is 21.2 Å². The number of rotatable bonds is 2. The average Bonchev–Trinajstić information content (AvgIpc) is 2.99. The minimum Gasteiger partial charge on any atom is -0.444 e. The smallest absolute Gasteiger partial charge is 0.410 e. The molecule has 4 rings (SSSR count). The van der Waals surface area contributed by atoms with Gasteiger partial charge in [0.25, 0.3) is 11.6 Å². The number of halogens is 3. The summed E-state index contributed by atoms with van der Waals surface area (Å²) in [7, 11) is 0. The average molecular weight is 742 g/mol. The van der Waals surface area contributed by atoms with Crippen LogP contribution < -0.4 is 0 Å². The van der Waals surface area contributed by atoms with Crippen molar-refractivity contribution in [3.05, 3.63) is 76.7 Å². The summed E-state index contributed by atoms with van der Waals surface area (Å²) in [5, 5.41) is 7.52. The first-order valence-corrected chi connectivity index (χ1v) is 19.3. The fourth-order valence-electron chi connectivity index (χ4n) is 4.47. The quantitative estimate of drug-likeness (QED) is 0.238. The first-order valence-electron chi connectivity index (χ1n) is 14.9. The molecule has 1 fully saturated rings. The number of piperidine rings is 1. The maximum Gasteiger partial charge on any atom is 0.410 e. The Balaban J connectivity index is 0.000000293. The van der Waals surface area contributed by atoms with E-state index < -0.39 is 22.0 Å². The Labute approximate surface area is 296 Å². The predicted octanol–water partition coefficient (Wildman–Crippen LogP) is 9.32. The zero-order valence-electron chi connectivity index (χ0n) is 27.7. The van der Waals surface area contributed by atoms with Gasteiger partial charge in [-0.2, -0.15) is 0 Å². The number of hydrogen-bond acceptors (Lipinski definition) is 8. The lowest BCUT2D eigenvalue weighted by Gasteiger charge is -2.38. The fraction of sp³-hybridized carbons (Fsp3) is 0.500. The molecule has 12 nitrogen and oxygen atoms in total. The van der Waals surface area contributed by atoms with Crippen molar-refractivity contribution in [2.75, 3.05) is 26.2 Å². The van der Waals surface area contributed by atoms with Crippen LogP contribution in [-0.4, -0.2) is 74.4 Å². The molecule has 0 atom stereocenters. The summed E-state index contributed by atoms with van der Waals surface area (Å²) in [6, 6.07) is 6.93. The molecule has 260 valence electrons. The lowest BCUT2D eigenvalue weighted by atomic mass is 9.85. The minimum absolute atomic E-state index is 0.278. The highest BCUT2D eigenvalue weighted by atomic mass is 36.0. The number of nitrogens with zero attached hydrogens (tertiary/aromatic N) is 6. The Hall–Kier alpha value is -3.38. The van der Waals surface area contributed by atoms with Gasteiger partial charge in [0.15, 0.2) is 0 Å². The number of amides is 2. The van der Waals surface area contributed by atoms with E-state index in [9.17, 15) is 19.3 Å². The van der Waals surface area contributed by atoms with Crippen molar-refractivity contribution in [3.8, 4) is 0 Å². The van der Waals surface area contributed by atoms with Gasteiger partial charge in [-0.1, -0.05) is 31.4 Å². The topological polar surface area (TPSA) is 131 Å². The second-order valence-electron chi connectivity index (χ2n) is 12.8. The second-order valence-corrected chi connectivity index (χ2v) is 19.5. The van der Waals surface area contributed by atoms with Crippen molar-refractivity contribution in [1.29, 1.82) is 0 Å². The van der Waals surface area contributed by atoms with E-state index >= 15 is 0 Å². The van der Waals surface area contributed by atoms with E-state index in [4.69, 9.17) is 22.6 Å². The fourth-order valence-corrected chi connectivity index (χ4v) is 4.47. The van der Waals surface area contributed by atoms with E-state index in [-0.39, 0.29) is 12.2 Å². The van der Waals surface area contributed by atoms with Crippen molar-refractivity contribution in [2.45, 2.75) is 77.6 Å². The van der Waals surface area contributed by atoms with Crippen LogP contribution in [0.2, 0.25) is 0 Å². The highest BCUT2D eigenvalue weighted by Gasteiger charge is 2.37. The monoisotopic (exact) mass is 740 g/mol. The van der Waals surface area contributed by atoms with E-state index in [0.29, 0.717) is 56.2 Å². The Morgan fingerprint density at radius 3 is 1.71 bits per heavy atom. The molecule has 2 aliphatic heterocycles. The van der Waals surface area contributed by atoms with E-state index in [1.54, 1.807) is 34.2 Å². The van der Waals surface area contributed by atoms with Crippen molar-refractivity contribution in [3.63, 3.8) is 0 Å². The Bertz CT molecular complexity index is 1560. The van der Waals surface area contributed by atoms with Crippen LogP contribution in [0.25, 0.3) is 15.3 Å². The van der Waals surface area contributed by atoms with Gasteiger partial charge in [-0.3, -0.25) is 4.57 Å². The van der Waals surface area contributed by atoms with Crippen LogP contribution in [0.5, 0.6) is 0 Å². The summed E-state index contributed by atoms with van der Waals surface area (Å²) in [6.07, 6.45) is 6.24. The molecule has 2 aromatic heterocycles. The van der Waals surface area contributed by atoms with Crippen LogP contribution in [0.1, 0.15) is 71.9 Å². The summed E-state index contributed by atoms with van der Waals surface area (Å²) < 4.78 is 20.2. The Morgan fingerprint density at radius 2 is 1.33 bits per heavy atom. The molecule has 2 amide bonds. The van der Waals surface area contributed by atoms with Crippen LogP contribution in [0.3, 0.4) is 0 Å². The van der Waals surface area contributed by atoms with Crippen molar-refractivity contribution in [1.82, 2.24) is 19.8 Å². The third-order valence-corrected chi connectivity index (χ3v) is 6.74. The number of carbonyl (C=O) groups excluding carboxylic acids is 2. The molecule has 16 heteroatoms. The second kappa shape index (κ2) is 17.3. The predicted molar refractivity (Wildman–Crippen MR) is 188 cm³/mol. The van der Waals surface area contributed by atoms with E-state index in [1.165, 1.54) is 6.20 Å². The van der Waals surface area contributed by atoms with Gasteiger partial charge in [0.1, 0.15) is 23.6 Å². The number of carbonyl (C=O) groups is 2. The van der Waals surface area contributed by atoms with Gasteiger partial charge in [-0.05, 0) is 112 Å². The molecule has 1 saturated heterocycles. The summed E-state index contributed by atoms with van der Waals surface area (Å²) in [6.45, 7) is 26.9. The largest absolute Gasteiger partial charge is 0.444 e. The standard InChI is InChI=1S/C16H21N3O3.C16H19N3O2.Cl3OP/c1-15(2,3)22-14(20)19-9-7-16(21,8-10-19)12-5-6-13(17-4)18-11-12;1-16(2,3)21-15(20)19-9-7-12(8-10-19)13-5-6-14(17-4)18-11-13;1-5(2,3)4/h5-6,11,21H,7-10H2,1-3H3;5-7,11H,8-10H2,1-3H3;. The normalized spacial score (nSPS) is 16.0. The highest BCUT2D eigenvalue weighted by molar-refractivity contribution is 8.24. The summed E-state index contributed by atoms with van der Waals surface area (Å²) in [5.74, 6) is 0.698. The van der Waals surface area contributed by atoms with Crippen LogP contribution in [-0.2, 0) is 19.6 Å². The number of aromatic nitrogens is 2. The molecule has 0 bridgehead atoms. The van der Waals surface area contributed by atoms with Gasteiger partial charge < -0.3 is 34.1 Å². The zero-order chi connectivity index (χ0) is 36.3. The third-order valence-electron chi connectivity index (χ3n) is 6.74. The first kappa shape index (κ1) is 40.8. The minimum atomic E-state index is -3.22. The molecule has 0 aromatic carbocycles. The number of ether oxygens (including phenoxy) is 2. The first-order chi connectivity index (χ1) is 22.1. The molecule has 2 aromatic rings. The van der Waals surface area contributed by atoms with Gasteiger partial charge in [-0.15, -0.1) is 9.97 Å². The van der Waals surface area contributed by atoms with Gasteiger partial charge in [0.2, 0.25) is 0 Å². The molecule has 0 saturated carbocycles. The summed E-state index contributed by atoms with van der Waals surface area (Å²) in [4.78, 5) is 41.9. The van der Waals surface area contributed by atoms with E-state index in [0.717, 1.165) is 17.6 Å². The van der Waals surface area contributed by atoms with Gasteiger partial charge >= 0.3 is 17.4 Å². The van der Waals surface area contributed by atoms with Crippen molar-refractivity contribution in [2.24, 2.45) is 0 Å². The summed E-state index contributed by atoms with van der Waals surface area (Å²) in [5.41, 5.74) is 0.839. The van der Waals surface area contributed by atoms with Gasteiger partial charge in [0, 0.05) is 37.3 Å². The van der Waals surface area contributed by atoms with Gasteiger partial charge in [0.05, 0.1) is 5.60 Å². The molecule has 4 heterocycles. The Morgan fingerprint density at radius 1 is 0.854 bits per heavy atom. The van der Waals surface area contributed by atoms with Crippen molar-refractivity contribution < 1.29 is 28.7 Å². The molecule has 0 spiro atoms. The van der Waals surface area contributed by atoms with Crippen molar-refractivity contribution >= 4 is 68.3 Å². The number of likely N-dealkylation sites (tertiary alicyclic amines) is 1. The number of aliphatic hydroxyl groups is 1. The molecular weight excluding hydrogens is 702 g/mol. The summed E-state index contributed by atoms with van der Waals surface area (Å²) >= 11 is 13.8. The SMILES string of the molecule is O=P(Cl)(Cl)Cl.[C-]#[N+]c1ccc(C2(O)CCN(C(=O)OC(C)(C)C)CC2)cn1.[C-]#[N+]c1ccc(C2=CCN(C(=O)OC(C)(C)C)CC2)cn1. The van der Waals surface area contributed by atoms with Gasteiger partial charge in [-0.25, -0.2) is 9.59 Å². The van der Waals surface area contributed by atoms with Crippen LogP contribution >= 0.6 is 38.9 Å². The maximum atomic E-state index is 12.0. The molecule has 2 aliphatic rings.